The Hall–Kier alpha value is -0.900. The SMILES string of the molecule is CCOP(=O)(/N=C/c1ccco1)OCC. The summed E-state index contributed by atoms with van der Waals surface area (Å²) in [5.41, 5.74) is 0. The summed E-state index contributed by atoms with van der Waals surface area (Å²) in [7, 11) is -3.35. The molecule has 15 heavy (non-hydrogen) atoms. The molecule has 0 unspecified atom stereocenters. The van der Waals surface area contributed by atoms with Crippen molar-refractivity contribution in [3.8, 4) is 0 Å². The summed E-state index contributed by atoms with van der Waals surface area (Å²) in [6.07, 6.45) is 2.85. The minimum Gasteiger partial charge on any atom is -0.463 e. The minimum absolute atomic E-state index is 0.284. The van der Waals surface area contributed by atoms with Gasteiger partial charge < -0.3 is 4.42 Å². The fraction of sp³-hybridized carbons (Fsp3) is 0.444. The smallest absolute Gasteiger partial charge is 0.453 e. The third-order valence-electron chi connectivity index (χ3n) is 1.45. The zero-order valence-electron chi connectivity index (χ0n) is 8.75. The lowest BCUT2D eigenvalue weighted by Crippen LogP contribution is -1.93. The van der Waals surface area contributed by atoms with E-state index in [1.807, 2.05) is 0 Å². The molecule has 6 heteroatoms. The molecule has 1 aromatic rings. The van der Waals surface area contributed by atoms with Crippen molar-refractivity contribution in [1.29, 1.82) is 0 Å². The molecule has 0 bridgehead atoms. The van der Waals surface area contributed by atoms with Gasteiger partial charge in [-0.15, -0.1) is 0 Å². The average Bonchev–Trinajstić information content (AvgIpc) is 2.68. The van der Waals surface area contributed by atoms with Gasteiger partial charge in [-0.3, -0.25) is 9.05 Å². The quantitative estimate of drug-likeness (QED) is 0.557. The van der Waals surface area contributed by atoms with Gasteiger partial charge in [0.05, 0.1) is 25.7 Å². The van der Waals surface area contributed by atoms with E-state index in [0.717, 1.165) is 0 Å². The Morgan fingerprint density at radius 1 is 1.47 bits per heavy atom. The van der Waals surface area contributed by atoms with Crippen molar-refractivity contribution in [2.24, 2.45) is 4.76 Å². The highest BCUT2D eigenvalue weighted by molar-refractivity contribution is 7.52. The molecule has 0 fully saturated rings. The van der Waals surface area contributed by atoms with Gasteiger partial charge >= 0.3 is 7.75 Å². The van der Waals surface area contributed by atoms with Gasteiger partial charge in [0.2, 0.25) is 0 Å². The van der Waals surface area contributed by atoms with E-state index < -0.39 is 7.75 Å². The predicted molar refractivity (Wildman–Crippen MR) is 57.2 cm³/mol. The van der Waals surface area contributed by atoms with Crippen LogP contribution < -0.4 is 0 Å². The summed E-state index contributed by atoms with van der Waals surface area (Å²) in [5.74, 6) is 0.509. The van der Waals surface area contributed by atoms with Gasteiger partial charge in [0, 0.05) is 0 Å². The van der Waals surface area contributed by atoms with E-state index in [1.54, 1.807) is 26.0 Å². The van der Waals surface area contributed by atoms with E-state index in [0.29, 0.717) is 5.76 Å². The Labute approximate surface area is 88.7 Å². The summed E-state index contributed by atoms with van der Waals surface area (Å²) in [6, 6.07) is 3.42. The molecule has 1 aromatic heterocycles. The Bertz CT molecular complexity index is 337. The number of hydrogen-bond donors (Lipinski definition) is 0. The third-order valence-corrected chi connectivity index (χ3v) is 3.02. The largest absolute Gasteiger partial charge is 0.463 e. The van der Waals surface area contributed by atoms with E-state index in [-0.39, 0.29) is 13.2 Å². The second kappa shape index (κ2) is 5.85. The Morgan fingerprint density at radius 3 is 2.60 bits per heavy atom. The van der Waals surface area contributed by atoms with Crippen molar-refractivity contribution in [3.05, 3.63) is 24.2 Å². The van der Waals surface area contributed by atoms with Crippen molar-refractivity contribution in [3.63, 3.8) is 0 Å². The maximum absolute atomic E-state index is 11.8. The highest BCUT2D eigenvalue weighted by Crippen LogP contribution is 2.49. The lowest BCUT2D eigenvalue weighted by atomic mass is 10.5. The Kier molecular flexibility index (Phi) is 4.75. The fourth-order valence-corrected chi connectivity index (χ4v) is 2.04. The first-order valence-corrected chi connectivity index (χ1v) is 6.18. The van der Waals surface area contributed by atoms with Gasteiger partial charge in [0.1, 0.15) is 5.76 Å². The van der Waals surface area contributed by atoms with Crippen LogP contribution in [0, 0.1) is 0 Å². The van der Waals surface area contributed by atoms with E-state index in [9.17, 15) is 4.57 Å². The summed E-state index contributed by atoms with van der Waals surface area (Å²) >= 11 is 0. The van der Waals surface area contributed by atoms with Crippen LogP contribution in [0.5, 0.6) is 0 Å². The molecule has 84 valence electrons. The van der Waals surface area contributed by atoms with Crippen LogP contribution in [0.1, 0.15) is 19.6 Å². The molecule has 0 amide bonds. The van der Waals surface area contributed by atoms with Gasteiger partial charge in [0.25, 0.3) is 0 Å². The molecule has 0 saturated carbocycles. The normalized spacial score (nSPS) is 12.4. The molecule has 0 atom stereocenters. The first-order valence-electron chi connectivity index (χ1n) is 4.68. The summed E-state index contributed by atoms with van der Waals surface area (Å²) in [4.78, 5) is 0. The molecule has 0 aliphatic carbocycles. The van der Waals surface area contributed by atoms with E-state index in [2.05, 4.69) is 4.76 Å². The number of nitrogens with zero attached hydrogens (tertiary/aromatic N) is 1. The standard InChI is InChI=1S/C9H14NO4P/c1-3-13-15(11,14-4-2)10-8-9-6-5-7-12-9/h5-8H,3-4H2,1-2H3/b10-8+. The highest BCUT2D eigenvalue weighted by atomic mass is 31.2. The van der Waals surface area contributed by atoms with E-state index in [1.165, 1.54) is 12.5 Å². The average molecular weight is 231 g/mol. The van der Waals surface area contributed by atoms with Crippen molar-refractivity contribution < 1.29 is 18.0 Å². The molecule has 0 radical (unpaired) electrons. The lowest BCUT2D eigenvalue weighted by molar-refractivity contribution is 0.221. The minimum atomic E-state index is -3.35. The van der Waals surface area contributed by atoms with Crippen LogP contribution in [0.3, 0.4) is 0 Å². The number of furan rings is 1. The van der Waals surface area contributed by atoms with Crippen molar-refractivity contribution >= 4 is 14.0 Å². The molecule has 1 heterocycles. The van der Waals surface area contributed by atoms with Crippen LogP contribution in [0.25, 0.3) is 0 Å². The summed E-state index contributed by atoms with van der Waals surface area (Å²) < 4.78 is 30.5. The zero-order valence-corrected chi connectivity index (χ0v) is 9.65. The van der Waals surface area contributed by atoms with Crippen LogP contribution in [-0.2, 0) is 13.6 Å². The number of rotatable bonds is 6. The second-order valence-electron chi connectivity index (χ2n) is 2.56. The van der Waals surface area contributed by atoms with Crippen LogP contribution in [0.2, 0.25) is 0 Å². The van der Waals surface area contributed by atoms with Crippen molar-refractivity contribution in [1.82, 2.24) is 0 Å². The van der Waals surface area contributed by atoms with Gasteiger partial charge in [0.15, 0.2) is 0 Å². The zero-order chi connectivity index (χ0) is 11.1. The van der Waals surface area contributed by atoms with Gasteiger partial charge in [-0.1, -0.05) is 0 Å². The van der Waals surface area contributed by atoms with Crippen molar-refractivity contribution in [2.45, 2.75) is 13.8 Å². The monoisotopic (exact) mass is 231 g/mol. The summed E-state index contributed by atoms with van der Waals surface area (Å²) in [6.45, 7) is 4.03. The van der Waals surface area contributed by atoms with Crippen LogP contribution >= 0.6 is 7.75 Å². The van der Waals surface area contributed by atoms with Crippen LogP contribution in [-0.4, -0.2) is 19.4 Å². The van der Waals surface area contributed by atoms with Crippen molar-refractivity contribution in [2.75, 3.05) is 13.2 Å². The third kappa shape index (κ3) is 4.00. The van der Waals surface area contributed by atoms with Gasteiger partial charge in [-0.05, 0) is 26.0 Å². The molecule has 1 rings (SSSR count). The highest BCUT2D eigenvalue weighted by Gasteiger charge is 2.21. The molecule has 0 spiro atoms. The van der Waals surface area contributed by atoms with Crippen LogP contribution in [0.15, 0.2) is 27.6 Å². The fourth-order valence-electron chi connectivity index (χ4n) is 0.923. The second-order valence-corrected chi connectivity index (χ2v) is 4.25. The van der Waals surface area contributed by atoms with Gasteiger partial charge in [-0.2, -0.15) is 4.76 Å². The molecule has 0 N–H and O–H groups in total. The lowest BCUT2D eigenvalue weighted by Gasteiger charge is -2.10. The number of hydrogen-bond acceptors (Lipinski definition) is 4. The maximum atomic E-state index is 11.8. The molecule has 0 aliphatic heterocycles. The molecular weight excluding hydrogens is 217 g/mol. The molecular formula is C9H14NO4P. The van der Waals surface area contributed by atoms with Gasteiger partial charge in [-0.25, -0.2) is 4.57 Å². The Morgan fingerprint density at radius 2 is 2.13 bits per heavy atom. The molecule has 0 aromatic carbocycles. The maximum Gasteiger partial charge on any atom is 0.453 e. The van der Waals surface area contributed by atoms with E-state index >= 15 is 0 Å². The molecule has 5 nitrogen and oxygen atoms in total. The van der Waals surface area contributed by atoms with Crippen LogP contribution in [0.4, 0.5) is 0 Å². The predicted octanol–water partition coefficient (Wildman–Crippen LogP) is 2.88. The first kappa shape index (κ1) is 12.2. The van der Waals surface area contributed by atoms with E-state index in [4.69, 9.17) is 13.5 Å². The summed E-state index contributed by atoms with van der Waals surface area (Å²) in [5, 5.41) is 0. The topological polar surface area (TPSA) is 61.0 Å². The Balaban J connectivity index is 2.70. The first-order chi connectivity index (χ1) is 7.20. The molecule has 0 saturated heterocycles. The molecule has 0 aliphatic rings.